The molecule has 74 valence electrons. The Balaban J connectivity index is 2.70. The van der Waals surface area contributed by atoms with Crippen molar-refractivity contribution in [2.75, 3.05) is 7.11 Å². The number of ether oxygens (including phenoxy) is 1. The van der Waals surface area contributed by atoms with E-state index in [-0.39, 0.29) is 0 Å². The second-order valence-corrected chi connectivity index (χ2v) is 4.04. The molecule has 0 saturated carbocycles. The van der Waals surface area contributed by atoms with Crippen LogP contribution in [0.1, 0.15) is 5.56 Å². The van der Waals surface area contributed by atoms with Gasteiger partial charge in [-0.2, -0.15) is 0 Å². The van der Waals surface area contributed by atoms with Gasteiger partial charge in [0, 0.05) is 24.2 Å². The molecule has 0 aliphatic carbocycles. The number of rotatable bonds is 2. The van der Waals surface area contributed by atoms with Crippen LogP contribution >= 0.6 is 15.9 Å². The maximum absolute atomic E-state index is 5.15. The number of nitrogens with zero attached hydrogens (tertiary/aromatic N) is 2. The normalized spacial score (nSPS) is 11.1. The Morgan fingerprint density at radius 3 is 3.00 bits per heavy atom. The van der Waals surface area contributed by atoms with Gasteiger partial charge in [0.25, 0.3) is 0 Å². The van der Waals surface area contributed by atoms with E-state index in [0.29, 0.717) is 6.61 Å². The molecule has 0 bridgehead atoms. The summed E-state index contributed by atoms with van der Waals surface area (Å²) in [5.41, 5.74) is 3.23. The highest BCUT2D eigenvalue weighted by molar-refractivity contribution is 9.10. The first-order valence-electron chi connectivity index (χ1n) is 4.31. The van der Waals surface area contributed by atoms with Crippen LogP contribution in [0.5, 0.6) is 0 Å². The van der Waals surface area contributed by atoms with Crippen LogP contribution in [0.4, 0.5) is 0 Å². The van der Waals surface area contributed by atoms with Crippen LogP contribution in [0, 0.1) is 0 Å². The maximum atomic E-state index is 5.15. The summed E-state index contributed by atoms with van der Waals surface area (Å²) in [4.78, 5) is 4.35. The average molecular weight is 255 g/mol. The molecule has 3 nitrogen and oxygen atoms in total. The zero-order valence-electron chi connectivity index (χ0n) is 8.12. The third-order valence-corrected chi connectivity index (χ3v) is 2.98. The summed E-state index contributed by atoms with van der Waals surface area (Å²) in [7, 11) is 3.67. The van der Waals surface area contributed by atoms with E-state index < -0.39 is 0 Å². The van der Waals surface area contributed by atoms with E-state index in [9.17, 15) is 0 Å². The number of aryl methyl sites for hydroxylation is 1. The number of halogens is 1. The van der Waals surface area contributed by atoms with Crippen molar-refractivity contribution >= 4 is 27.0 Å². The van der Waals surface area contributed by atoms with Crippen molar-refractivity contribution in [2.24, 2.45) is 7.05 Å². The molecule has 0 spiro atoms. The molecular weight excluding hydrogens is 244 g/mol. The Bertz CT molecular complexity index is 464. The van der Waals surface area contributed by atoms with Gasteiger partial charge < -0.3 is 9.30 Å². The molecular formula is C10H11BrN2O. The van der Waals surface area contributed by atoms with Gasteiger partial charge in [-0.15, -0.1) is 0 Å². The summed E-state index contributed by atoms with van der Waals surface area (Å²) in [5.74, 6) is 0. The van der Waals surface area contributed by atoms with Crippen LogP contribution in [0.15, 0.2) is 22.9 Å². The highest BCUT2D eigenvalue weighted by Gasteiger charge is 2.08. The Morgan fingerprint density at radius 2 is 2.29 bits per heavy atom. The molecule has 0 saturated heterocycles. The van der Waals surface area contributed by atoms with Crippen LogP contribution in [0.2, 0.25) is 0 Å². The molecule has 0 atom stereocenters. The molecule has 2 rings (SSSR count). The van der Waals surface area contributed by atoms with Crippen molar-refractivity contribution in [2.45, 2.75) is 6.61 Å². The molecule has 0 aliphatic heterocycles. The van der Waals surface area contributed by atoms with Crippen molar-refractivity contribution in [3.63, 3.8) is 0 Å². The monoisotopic (exact) mass is 254 g/mol. The van der Waals surface area contributed by atoms with E-state index in [1.54, 1.807) is 7.11 Å². The molecule has 1 aromatic carbocycles. The lowest BCUT2D eigenvalue weighted by Crippen LogP contribution is -1.92. The highest BCUT2D eigenvalue weighted by atomic mass is 79.9. The van der Waals surface area contributed by atoms with E-state index >= 15 is 0 Å². The minimum atomic E-state index is 0.578. The van der Waals surface area contributed by atoms with Gasteiger partial charge in [-0.05, 0) is 12.1 Å². The van der Waals surface area contributed by atoms with Gasteiger partial charge in [-0.3, -0.25) is 0 Å². The fourth-order valence-corrected chi connectivity index (χ4v) is 1.95. The fourth-order valence-electron chi connectivity index (χ4n) is 1.52. The molecule has 0 unspecified atom stereocenters. The second-order valence-electron chi connectivity index (χ2n) is 3.18. The van der Waals surface area contributed by atoms with E-state index in [2.05, 4.69) is 20.9 Å². The number of fused-ring (bicyclic) bond motifs is 1. The molecule has 0 aliphatic rings. The molecule has 0 radical (unpaired) electrons. The predicted octanol–water partition coefficient (Wildman–Crippen LogP) is 2.48. The van der Waals surface area contributed by atoms with E-state index in [0.717, 1.165) is 21.1 Å². The van der Waals surface area contributed by atoms with Crippen molar-refractivity contribution in [3.05, 3.63) is 28.5 Å². The fraction of sp³-hybridized carbons (Fsp3) is 0.300. The molecule has 2 aromatic rings. The number of aromatic nitrogens is 2. The van der Waals surface area contributed by atoms with Crippen LogP contribution in [0.3, 0.4) is 0 Å². The summed E-state index contributed by atoms with van der Waals surface area (Å²) in [6, 6.07) is 4.07. The van der Waals surface area contributed by atoms with Gasteiger partial charge in [0.15, 0.2) is 0 Å². The molecule has 0 fully saturated rings. The quantitative estimate of drug-likeness (QED) is 0.824. The highest BCUT2D eigenvalue weighted by Crippen LogP contribution is 2.25. The number of hydrogen-bond donors (Lipinski definition) is 0. The van der Waals surface area contributed by atoms with Crippen molar-refractivity contribution in [1.29, 1.82) is 0 Å². The van der Waals surface area contributed by atoms with Crippen LogP contribution in [-0.4, -0.2) is 16.7 Å². The number of imidazole rings is 1. The summed E-state index contributed by atoms with van der Waals surface area (Å²) in [6.07, 6.45) is 1.82. The van der Waals surface area contributed by atoms with Gasteiger partial charge in [0.1, 0.15) is 0 Å². The summed E-state index contributed by atoms with van der Waals surface area (Å²) in [6.45, 7) is 0.578. The second kappa shape index (κ2) is 3.71. The van der Waals surface area contributed by atoms with Crippen LogP contribution < -0.4 is 0 Å². The topological polar surface area (TPSA) is 27.1 Å². The Kier molecular flexibility index (Phi) is 2.56. The van der Waals surface area contributed by atoms with Gasteiger partial charge in [0.2, 0.25) is 0 Å². The van der Waals surface area contributed by atoms with Crippen molar-refractivity contribution < 1.29 is 4.74 Å². The zero-order valence-corrected chi connectivity index (χ0v) is 9.71. The van der Waals surface area contributed by atoms with Crippen molar-refractivity contribution in [3.8, 4) is 0 Å². The lowest BCUT2D eigenvalue weighted by atomic mass is 10.2. The standard InChI is InChI=1S/C10H11BrN2O/c1-13-6-12-10-7(5-14-2)8(11)3-4-9(10)13/h3-4,6H,5H2,1-2H3. The SMILES string of the molecule is COCc1c(Br)ccc2c1ncn2C. The van der Waals surface area contributed by atoms with Gasteiger partial charge >= 0.3 is 0 Å². The van der Waals surface area contributed by atoms with Gasteiger partial charge in [0.05, 0.1) is 24.0 Å². The summed E-state index contributed by atoms with van der Waals surface area (Å²) in [5, 5.41) is 0. The van der Waals surface area contributed by atoms with Gasteiger partial charge in [-0.1, -0.05) is 15.9 Å². The largest absolute Gasteiger partial charge is 0.380 e. The number of hydrogen-bond acceptors (Lipinski definition) is 2. The smallest absolute Gasteiger partial charge is 0.0955 e. The van der Waals surface area contributed by atoms with E-state index in [1.165, 1.54) is 0 Å². The Morgan fingerprint density at radius 1 is 1.50 bits per heavy atom. The van der Waals surface area contributed by atoms with Gasteiger partial charge in [-0.25, -0.2) is 4.98 Å². The molecule has 4 heteroatoms. The van der Waals surface area contributed by atoms with Crippen LogP contribution in [-0.2, 0) is 18.4 Å². The molecule has 14 heavy (non-hydrogen) atoms. The van der Waals surface area contributed by atoms with Crippen molar-refractivity contribution in [1.82, 2.24) is 9.55 Å². The maximum Gasteiger partial charge on any atom is 0.0955 e. The zero-order chi connectivity index (χ0) is 10.1. The summed E-state index contributed by atoms with van der Waals surface area (Å²) < 4.78 is 8.19. The van der Waals surface area contributed by atoms with Crippen LogP contribution in [0.25, 0.3) is 11.0 Å². The minimum absolute atomic E-state index is 0.578. The summed E-state index contributed by atoms with van der Waals surface area (Å²) >= 11 is 3.50. The molecule has 0 N–H and O–H groups in total. The minimum Gasteiger partial charge on any atom is -0.380 e. The number of benzene rings is 1. The average Bonchev–Trinajstić information content (AvgIpc) is 2.53. The van der Waals surface area contributed by atoms with E-state index in [4.69, 9.17) is 4.74 Å². The lowest BCUT2D eigenvalue weighted by Gasteiger charge is -2.04. The van der Waals surface area contributed by atoms with E-state index in [1.807, 2.05) is 30.1 Å². The first kappa shape index (κ1) is 9.68. The lowest BCUT2D eigenvalue weighted by molar-refractivity contribution is 0.185. The third kappa shape index (κ3) is 1.44. The third-order valence-electron chi connectivity index (χ3n) is 2.23. The first-order valence-corrected chi connectivity index (χ1v) is 5.10. The molecule has 0 amide bonds. The predicted molar refractivity (Wildman–Crippen MR) is 59.1 cm³/mol. The molecule has 1 aromatic heterocycles. The Labute approximate surface area is 90.8 Å². The first-order chi connectivity index (χ1) is 6.74. The molecule has 1 heterocycles. The Hall–Kier alpha value is -0.870. The number of methoxy groups -OCH3 is 1.